The molecule has 1 saturated carbocycles. The van der Waals surface area contributed by atoms with E-state index < -0.39 is 0 Å². The van der Waals surface area contributed by atoms with Crippen molar-refractivity contribution in [1.82, 2.24) is 5.32 Å². The fourth-order valence-electron chi connectivity index (χ4n) is 1.68. The zero-order valence-corrected chi connectivity index (χ0v) is 10.7. The van der Waals surface area contributed by atoms with Crippen LogP contribution >= 0.6 is 11.8 Å². The van der Waals surface area contributed by atoms with E-state index in [1.54, 1.807) is 0 Å². The van der Waals surface area contributed by atoms with Gasteiger partial charge in [-0.05, 0) is 56.1 Å². The van der Waals surface area contributed by atoms with E-state index in [1.807, 2.05) is 11.8 Å². The quantitative estimate of drug-likeness (QED) is 0.624. The molecule has 1 fully saturated rings. The Labute approximate surface area is 93.4 Å². The number of hydrogen-bond donors (Lipinski definition) is 1. The van der Waals surface area contributed by atoms with E-state index in [1.165, 1.54) is 38.0 Å². The van der Waals surface area contributed by atoms with Crippen LogP contribution in [0.25, 0.3) is 0 Å². The van der Waals surface area contributed by atoms with Gasteiger partial charge < -0.3 is 5.32 Å². The molecule has 1 rings (SSSR count). The molecule has 0 saturated heterocycles. The molecule has 0 radical (unpaired) electrons. The van der Waals surface area contributed by atoms with E-state index in [9.17, 15) is 0 Å². The Balaban J connectivity index is 1.98. The second kappa shape index (κ2) is 6.73. The van der Waals surface area contributed by atoms with E-state index in [2.05, 4.69) is 25.4 Å². The molecular weight excluding hydrogens is 190 g/mol. The van der Waals surface area contributed by atoms with Gasteiger partial charge in [-0.3, -0.25) is 0 Å². The van der Waals surface area contributed by atoms with Crippen LogP contribution in [0.15, 0.2) is 0 Å². The van der Waals surface area contributed by atoms with Crippen molar-refractivity contribution in [2.24, 2.45) is 11.8 Å². The summed E-state index contributed by atoms with van der Waals surface area (Å²) in [5.74, 6) is 3.05. The Morgan fingerprint density at radius 3 is 2.57 bits per heavy atom. The highest BCUT2D eigenvalue weighted by Crippen LogP contribution is 2.21. The zero-order valence-electron chi connectivity index (χ0n) is 9.88. The van der Waals surface area contributed by atoms with Crippen LogP contribution < -0.4 is 5.32 Å². The van der Waals surface area contributed by atoms with Gasteiger partial charge in [-0.15, -0.1) is 0 Å². The lowest BCUT2D eigenvalue weighted by Crippen LogP contribution is -2.26. The molecule has 84 valence electrons. The zero-order chi connectivity index (χ0) is 10.4. The highest BCUT2D eigenvalue weighted by atomic mass is 32.2. The van der Waals surface area contributed by atoms with Gasteiger partial charge in [-0.2, -0.15) is 11.8 Å². The maximum absolute atomic E-state index is 3.62. The monoisotopic (exact) mass is 215 g/mol. The van der Waals surface area contributed by atoms with Crippen molar-refractivity contribution in [3.8, 4) is 0 Å². The number of rotatable bonds is 8. The minimum atomic E-state index is 0.845. The lowest BCUT2D eigenvalue weighted by molar-refractivity contribution is 0.345. The van der Waals surface area contributed by atoms with E-state index in [4.69, 9.17) is 0 Å². The third-order valence-electron chi connectivity index (χ3n) is 3.29. The largest absolute Gasteiger partial charge is 0.314 e. The summed E-state index contributed by atoms with van der Waals surface area (Å²) in [6, 6.07) is 0.871. The van der Waals surface area contributed by atoms with Crippen molar-refractivity contribution < 1.29 is 0 Å². The van der Waals surface area contributed by atoms with E-state index in [0.29, 0.717) is 0 Å². The number of nitrogens with one attached hydrogen (secondary N) is 1. The molecule has 0 amide bonds. The first-order valence-electron chi connectivity index (χ1n) is 5.96. The van der Waals surface area contributed by atoms with Crippen LogP contribution in [0.3, 0.4) is 0 Å². The second-order valence-electron chi connectivity index (χ2n) is 4.77. The van der Waals surface area contributed by atoms with Crippen molar-refractivity contribution in [2.75, 3.05) is 18.6 Å². The molecule has 2 unspecified atom stereocenters. The molecule has 0 aromatic carbocycles. The average molecular weight is 215 g/mol. The van der Waals surface area contributed by atoms with Crippen molar-refractivity contribution >= 4 is 11.8 Å². The number of hydrogen-bond acceptors (Lipinski definition) is 2. The predicted octanol–water partition coefficient (Wildman–Crippen LogP) is 3.15. The first-order valence-corrected chi connectivity index (χ1v) is 7.35. The van der Waals surface area contributed by atoms with Crippen molar-refractivity contribution in [3.05, 3.63) is 0 Å². The van der Waals surface area contributed by atoms with Gasteiger partial charge in [0, 0.05) is 6.04 Å². The molecule has 1 aliphatic rings. The second-order valence-corrected chi connectivity index (χ2v) is 5.76. The third kappa shape index (κ3) is 5.26. The first-order chi connectivity index (χ1) is 6.74. The number of thioether (sulfide) groups is 1. The van der Waals surface area contributed by atoms with Gasteiger partial charge in [-0.25, -0.2) is 0 Å². The molecule has 0 aromatic heterocycles. The van der Waals surface area contributed by atoms with Crippen LogP contribution in [0.5, 0.6) is 0 Å². The van der Waals surface area contributed by atoms with Crippen molar-refractivity contribution in [1.29, 1.82) is 0 Å². The molecule has 2 heteroatoms. The van der Waals surface area contributed by atoms with E-state index in [0.717, 1.165) is 17.9 Å². The van der Waals surface area contributed by atoms with Gasteiger partial charge in [0.25, 0.3) is 0 Å². The molecule has 1 nitrogen and oxygen atoms in total. The van der Waals surface area contributed by atoms with Crippen LogP contribution in [0, 0.1) is 11.8 Å². The highest BCUT2D eigenvalue weighted by Gasteiger charge is 2.22. The van der Waals surface area contributed by atoms with Gasteiger partial charge in [0.2, 0.25) is 0 Å². The molecule has 0 aromatic rings. The molecule has 2 atom stereocenters. The third-order valence-corrected chi connectivity index (χ3v) is 3.98. The molecule has 0 aliphatic heterocycles. The molecule has 0 heterocycles. The first kappa shape index (κ1) is 12.4. The van der Waals surface area contributed by atoms with Gasteiger partial charge in [0.15, 0.2) is 0 Å². The van der Waals surface area contributed by atoms with Crippen LogP contribution in [-0.2, 0) is 0 Å². The van der Waals surface area contributed by atoms with Crippen molar-refractivity contribution in [2.45, 2.75) is 45.6 Å². The maximum Gasteiger partial charge on any atom is 0.00683 e. The SMILES string of the molecule is CSCCCC(C)C(C)CNC1CC1. The Kier molecular flexibility index (Phi) is 5.95. The van der Waals surface area contributed by atoms with Crippen LogP contribution in [0.1, 0.15) is 39.5 Å². The Hall–Kier alpha value is 0.310. The molecule has 0 bridgehead atoms. The minimum absolute atomic E-state index is 0.845. The summed E-state index contributed by atoms with van der Waals surface area (Å²) < 4.78 is 0. The van der Waals surface area contributed by atoms with Crippen LogP contribution in [0.2, 0.25) is 0 Å². The van der Waals surface area contributed by atoms with Crippen LogP contribution in [0.4, 0.5) is 0 Å². The Morgan fingerprint density at radius 1 is 1.29 bits per heavy atom. The van der Waals surface area contributed by atoms with E-state index >= 15 is 0 Å². The maximum atomic E-state index is 3.62. The minimum Gasteiger partial charge on any atom is -0.314 e. The average Bonchev–Trinajstić information content (AvgIpc) is 2.98. The standard InChI is InChI=1S/C12H25NS/c1-10(5-4-8-14-3)11(2)9-13-12-6-7-12/h10-13H,4-9H2,1-3H3. The molecule has 1 N–H and O–H groups in total. The summed E-state index contributed by atoms with van der Waals surface area (Å²) in [7, 11) is 0. The smallest absolute Gasteiger partial charge is 0.00683 e. The lowest BCUT2D eigenvalue weighted by atomic mass is 9.92. The Bertz CT molecular complexity index is 145. The normalized spacial score (nSPS) is 20.8. The van der Waals surface area contributed by atoms with E-state index in [-0.39, 0.29) is 0 Å². The summed E-state index contributed by atoms with van der Waals surface area (Å²) in [4.78, 5) is 0. The van der Waals surface area contributed by atoms with Gasteiger partial charge in [-0.1, -0.05) is 13.8 Å². The fraction of sp³-hybridized carbons (Fsp3) is 1.00. The summed E-state index contributed by atoms with van der Waals surface area (Å²) in [6.45, 7) is 6.02. The topological polar surface area (TPSA) is 12.0 Å². The van der Waals surface area contributed by atoms with Gasteiger partial charge >= 0.3 is 0 Å². The molecule has 1 aliphatic carbocycles. The summed E-state index contributed by atoms with van der Waals surface area (Å²) in [6.07, 6.45) is 7.80. The lowest BCUT2D eigenvalue weighted by Gasteiger charge is -2.20. The summed E-state index contributed by atoms with van der Waals surface area (Å²) >= 11 is 1.97. The summed E-state index contributed by atoms with van der Waals surface area (Å²) in [5.41, 5.74) is 0. The summed E-state index contributed by atoms with van der Waals surface area (Å²) in [5, 5.41) is 3.62. The van der Waals surface area contributed by atoms with Crippen molar-refractivity contribution in [3.63, 3.8) is 0 Å². The van der Waals surface area contributed by atoms with Gasteiger partial charge in [0.1, 0.15) is 0 Å². The highest BCUT2D eigenvalue weighted by molar-refractivity contribution is 7.98. The van der Waals surface area contributed by atoms with Crippen LogP contribution in [-0.4, -0.2) is 24.6 Å². The fourth-order valence-corrected chi connectivity index (χ4v) is 2.13. The predicted molar refractivity (Wildman–Crippen MR) is 67.0 cm³/mol. The molecule has 0 spiro atoms. The molecule has 14 heavy (non-hydrogen) atoms. The molecular formula is C12H25NS. The van der Waals surface area contributed by atoms with Gasteiger partial charge in [0.05, 0.1) is 0 Å². The Morgan fingerprint density at radius 2 is 2.00 bits per heavy atom.